The Bertz CT molecular complexity index is 709. The number of thiophene rings is 1. The summed E-state index contributed by atoms with van der Waals surface area (Å²) >= 11 is 5.86. The first kappa shape index (κ1) is 13.6. The summed E-state index contributed by atoms with van der Waals surface area (Å²) < 4.78 is 0.969. The van der Waals surface area contributed by atoms with Gasteiger partial charge in [0.2, 0.25) is 0 Å². The molecule has 1 aliphatic rings. The summed E-state index contributed by atoms with van der Waals surface area (Å²) in [5.74, 6) is -0.268. The molecule has 2 aromatic rings. The number of imide groups is 1. The van der Waals surface area contributed by atoms with Crippen molar-refractivity contribution >= 4 is 61.9 Å². The number of nitrogens with zero attached hydrogens (tertiary/aromatic N) is 1. The Morgan fingerprint density at radius 3 is 2.55 bits per heavy atom. The van der Waals surface area contributed by atoms with E-state index in [4.69, 9.17) is 0 Å². The molecule has 0 N–H and O–H groups in total. The number of hydrogen-bond acceptors (Lipinski definition) is 4. The maximum absolute atomic E-state index is 12.3. The molecule has 2 heterocycles. The molecule has 100 valence electrons. The molecular weight excluding hydrogens is 358 g/mol. The Morgan fingerprint density at radius 1 is 1.15 bits per heavy atom. The van der Waals surface area contributed by atoms with Gasteiger partial charge in [-0.1, -0.05) is 18.2 Å². The van der Waals surface area contributed by atoms with Gasteiger partial charge >= 0.3 is 0 Å². The average molecular weight is 366 g/mol. The number of hydrogen-bond donors (Lipinski definition) is 0. The Morgan fingerprint density at radius 2 is 1.90 bits per heavy atom. The largest absolute Gasteiger partial charge is 0.298 e. The lowest BCUT2D eigenvalue weighted by atomic mass is 10.3. The van der Waals surface area contributed by atoms with Gasteiger partial charge in [0.15, 0.2) is 0 Å². The van der Waals surface area contributed by atoms with E-state index in [0.717, 1.165) is 21.1 Å². The van der Waals surface area contributed by atoms with Gasteiger partial charge in [0, 0.05) is 14.7 Å². The molecule has 6 heteroatoms. The van der Waals surface area contributed by atoms with E-state index in [2.05, 4.69) is 15.9 Å². The highest BCUT2D eigenvalue weighted by molar-refractivity contribution is 9.10. The molecule has 3 rings (SSSR count). The van der Waals surface area contributed by atoms with E-state index in [1.54, 1.807) is 30.3 Å². The minimum Gasteiger partial charge on any atom is -0.268 e. The molecular formula is C14H8BrNO2S2. The fourth-order valence-corrected chi connectivity index (χ4v) is 4.08. The molecule has 0 aliphatic carbocycles. The molecule has 20 heavy (non-hydrogen) atoms. The van der Waals surface area contributed by atoms with E-state index in [1.165, 1.54) is 16.2 Å². The summed E-state index contributed by atoms with van der Waals surface area (Å²) in [5.41, 5.74) is 0.603. The fraction of sp³-hybridized carbons (Fsp3) is 0. The van der Waals surface area contributed by atoms with Crippen molar-refractivity contribution in [2.45, 2.75) is 0 Å². The number of rotatable bonds is 2. The van der Waals surface area contributed by atoms with E-state index in [9.17, 15) is 9.59 Å². The number of benzene rings is 1. The maximum atomic E-state index is 12.3. The van der Waals surface area contributed by atoms with Crippen molar-refractivity contribution in [2.75, 3.05) is 4.90 Å². The van der Waals surface area contributed by atoms with Crippen LogP contribution < -0.4 is 4.90 Å². The van der Waals surface area contributed by atoms with Gasteiger partial charge < -0.3 is 0 Å². The predicted octanol–water partition coefficient (Wildman–Crippen LogP) is 4.75. The predicted molar refractivity (Wildman–Crippen MR) is 86.9 cm³/mol. The minimum atomic E-state index is -0.268. The Balaban J connectivity index is 1.93. The third-order valence-corrected chi connectivity index (χ3v) is 5.18. The highest BCUT2D eigenvalue weighted by Gasteiger charge is 2.36. The van der Waals surface area contributed by atoms with Crippen LogP contribution >= 0.6 is 39.0 Å². The second kappa shape index (κ2) is 5.55. The van der Waals surface area contributed by atoms with Crippen LogP contribution in [0, 0.1) is 0 Å². The van der Waals surface area contributed by atoms with Gasteiger partial charge in [-0.3, -0.25) is 9.59 Å². The molecule has 3 nitrogen and oxygen atoms in total. The molecule has 1 aromatic carbocycles. The van der Waals surface area contributed by atoms with Crippen molar-refractivity contribution in [3.8, 4) is 0 Å². The number of para-hydroxylation sites is 1. The summed E-state index contributed by atoms with van der Waals surface area (Å²) in [6.07, 6.45) is 1.75. The van der Waals surface area contributed by atoms with Gasteiger partial charge in [-0.25, -0.2) is 4.90 Å². The standard InChI is InChI=1S/C14H8BrNO2S2/c15-9-6-11(19-8-9)7-12-13(17)16(14(18)20-12)10-4-2-1-3-5-10/h1-8H/b12-7+. The van der Waals surface area contributed by atoms with Crippen LogP contribution in [-0.4, -0.2) is 11.1 Å². The monoisotopic (exact) mass is 365 g/mol. The summed E-state index contributed by atoms with van der Waals surface area (Å²) in [7, 11) is 0. The lowest BCUT2D eigenvalue weighted by Crippen LogP contribution is -2.27. The van der Waals surface area contributed by atoms with Crippen LogP contribution in [0.4, 0.5) is 10.5 Å². The molecule has 0 radical (unpaired) electrons. The van der Waals surface area contributed by atoms with Crippen molar-refractivity contribution < 1.29 is 9.59 Å². The fourth-order valence-electron chi connectivity index (χ4n) is 1.80. The first-order valence-corrected chi connectivity index (χ1v) is 8.21. The average Bonchev–Trinajstić information content (AvgIpc) is 2.96. The van der Waals surface area contributed by atoms with E-state index < -0.39 is 0 Å². The molecule has 1 saturated heterocycles. The second-order valence-corrected chi connectivity index (χ2v) is 6.87. The molecule has 0 spiro atoms. The van der Waals surface area contributed by atoms with Crippen LogP contribution in [-0.2, 0) is 4.79 Å². The van der Waals surface area contributed by atoms with Gasteiger partial charge in [-0.2, -0.15) is 0 Å². The van der Waals surface area contributed by atoms with Crippen molar-refractivity contribution in [3.63, 3.8) is 0 Å². The van der Waals surface area contributed by atoms with Crippen LogP contribution in [0.1, 0.15) is 4.88 Å². The lowest BCUT2D eigenvalue weighted by molar-refractivity contribution is -0.113. The number of amides is 2. The van der Waals surface area contributed by atoms with E-state index in [-0.39, 0.29) is 11.1 Å². The van der Waals surface area contributed by atoms with Crippen LogP contribution in [0.25, 0.3) is 6.08 Å². The Kier molecular flexibility index (Phi) is 3.78. The SMILES string of the molecule is O=C1S/C(=C/c2cc(Br)cs2)C(=O)N1c1ccccc1. The van der Waals surface area contributed by atoms with Gasteiger partial charge in [0.05, 0.1) is 10.6 Å². The maximum Gasteiger partial charge on any atom is 0.298 e. The number of anilines is 1. The highest BCUT2D eigenvalue weighted by Crippen LogP contribution is 2.36. The third kappa shape index (κ3) is 2.59. The molecule has 0 atom stereocenters. The zero-order valence-electron chi connectivity index (χ0n) is 10.1. The first-order valence-electron chi connectivity index (χ1n) is 5.72. The molecule has 0 unspecified atom stereocenters. The Hall–Kier alpha value is -1.37. The summed E-state index contributed by atoms with van der Waals surface area (Å²) in [4.78, 5) is 26.9. The van der Waals surface area contributed by atoms with Crippen molar-refractivity contribution in [2.24, 2.45) is 0 Å². The topological polar surface area (TPSA) is 37.4 Å². The van der Waals surface area contributed by atoms with Crippen molar-refractivity contribution in [1.29, 1.82) is 0 Å². The van der Waals surface area contributed by atoms with Gasteiger partial charge in [0.1, 0.15) is 0 Å². The number of thioether (sulfide) groups is 1. The summed E-state index contributed by atoms with van der Waals surface area (Å²) in [6, 6.07) is 10.9. The zero-order valence-corrected chi connectivity index (χ0v) is 13.3. The van der Waals surface area contributed by atoms with E-state index >= 15 is 0 Å². The molecule has 0 saturated carbocycles. The summed E-state index contributed by atoms with van der Waals surface area (Å²) in [6.45, 7) is 0. The first-order chi connectivity index (χ1) is 9.65. The number of carbonyl (C=O) groups excluding carboxylic acids is 2. The lowest BCUT2D eigenvalue weighted by Gasteiger charge is -2.11. The normalized spacial score (nSPS) is 17.2. The molecule has 1 fully saturated rings. The minimum absolute atomic E-state index is 0.261. The quantitative estimate of drug-likeness (QED) is 0.720. The molecule has 0 bridgehead atoms. The van der Waals surface area contributed by atoms with Gasteiger partial charge in [-0.05, 0) is 52.0 Å². The van der Waals surface area contributed by atoms with Crippen LogP contribution in [0.2, 0.25) is 0 Å². The van der Waals surface area contributed by atoms with Crippen molar-refractivity contribution in [3.05, 3.63) is 56.0 Å². The summed E-state index contributed by atoms with van der Waals surface area (Å²) in [5, 5.41) is 1.68. The molecule has 1 aliphatic heterocycles. The van der Waals surface area contributed by atoms with E-state index in [1.807, 2.05) is 17.5 Å². The molecule has 1 aromatic heterocycles. The van der Waals surface area contributed by atoms with Crippen LogP contribution in [0.5, 0.6) is 0 Å². The van der Waals surface area contributed by atoms with Gasteiger partial charge in [-0.15, -0.1) is 11.3 Å². The second-order valence-electron chi connectivity index (χ2n) is 4.02. The van der Waals surface area contributed by atoms with E-state index in [0.29, 0.717) is 10.6 Å². The zero-order chi connectivity index (χ0) is 14.1. The highest BCUT2D eigenvalue weighted by atomic mass is 79.9. The van der Waals surface area contributed by atoms with Gasteiger partial charge in [0.25, 0.3) is 11.1 Å². The van der Waals surface area contributed by atoms with Crippen LogP contribution in [0.15, 0.2) is 51.2 Å². The van der Waals surface area contributed by atoms with Crippen molar-refractivity contribution in [1.82, 2.24) is 0 Å². The van der Waals surface area contributed by atoms with Crippen LogP contribution in [0.3, 0.4) is 0 Å². The third-order valence-electron chi connectivity index (χ3n) is 2.67. The Labute approximate surface area is 132 Å². The number of carbonyl (C=O) groups is 2. The number of halogens is 1. The molecule has 2 amide bonds. The smallest absolute Gasteiger partial charge is 0.268 e.